The summed E-state index contributed by atoms with van der Waals surface area (Å²) < 4.78 is 7.40. The first kappa shape index (κ1) is 33.5. The molecule has 3 heterocycles. The number of ether oxygens (including phenoxy) is 1. The van der Waals surface area contributed by atoms with Gasteiger partial charge in [-0.05, 0) is 103 Å². The summed E-state index contributed by atoms with van der Waals surface area (Å²) in [6, 6.07) is 65.3. The normalized spacial score (nSPS) is 20.3. The Morgan fingerprint density at radius 1 is 0.534 bits per heavy atom. The number of anilines is 4. The standard InChI is InChI=1S/C54H41BN2O/c1-5-19-36(20-6-1)50-35-49-54(58-50)55-45-31-17-18-32-46(45)56(39-23-9-3-10-24-39)47-33-38(34-48(53(47)55)57(49)40-25-11-4-12-26-40)52-43-29-15-13-27-41(43)51(37-21-7-2-8-22-37)42-28-14-16-30-44(42)52/h1-25,27-34,40,49-50,54H,26,35H2. The van der Waals surface area contributed by atoms with Crippen LogP contribution < -0.4 is 20.7 Å². The second-order valence-corrected chi connectivity index (χ2v) is 16.2. The fourth-order valence-electron chi connectivity index (χ4n) is 10.8. The molecule has 58 heavy (non-hydrogen) atoms. The van der Waals surface area contributed by atoms with Crippen LogP contribution in [0.4, 0.5) is 22.7 Å². The minimum absolute atomic E-state index is 0.0109. The molecule has 0 saturated carbocycles. The summed E-state index contributed by atoms with van der Waals surface area (Å²) in [6.45, 7) is 0.0715. The highest BCUT2D eigenvalue weighted by atomic mass is 16.5. The zero-order valence-corrected chi connectivity index (χ0v) is 32.2. The van der Waals surface area contributed by atoms with Crippen LogP contribution in [0.3, 0.4) is 0 Å². The zero-order chi connectivity index (χ0) is 38.2. The van der Waals surface area contributed by atoms with Crippen molar-refractivity contribution in [1.82, 2.24) is 0 Å². The molecule has 1 aliphatic carbocycles. The van der Waals surface area contributed by atoms with Crippen LogP contribution in [0.5, 0.6) is 0 Å². The van der Waals surface area contributed by atoms with Gasteiger partial charge in [-0.25, -0.2) is 0 Å². The van der Waals surface area contributed by atoms with Gasteiger partial charge in [0.2, 0.25) is 0 Å². The van der Waals surface area contributed by atoms with E-state index in [9.17, 15) is 0 Å². The predicted octanol–water partition coefficient (Wildman–Crippen LogP) is 11.9. The second kappa shape index (κ2) is 13.5. The van der Waals surface area contributed by atoms with Crippen LogP contribution in [0.2, 0.25) is 0 Å². The summed E-state index contributed by atoms with van der Waals surface area (Å²) in [5.41, 5.74) is 13.9. The highest BCUT2D eigenvalue weighted by molar-refractivity contribution is 6.91. The van der Waals surface area contributed by atoms with Crippen molar-refractivity contribution in [3.63, 3.8) is 0 Å². The monoisotopic (exact) mass is 744 g/mol. The molecular formula is C54H41BN2O. The number of hydrogen-bond acceptors (Lipinski definition) is 3. The Bertz CT molecular complexity index is 2870. The Kier molecular flexibility index (Phi) is 7.81. The Balaban J connectivity index is 1.18. The Labute approximate surface area is 340 Å². The van der Waals surface area contributed by atoms with Gasteiger partial charge in [0, 0.05) is 22.7 Å². The smallest absolute Gasteiger partial charge is 0.252 e. The van der Waals surface area contributed by atoms with Gasteiger partial charge in [-0.3, -0.25) is 0 Å². The Morgan fingerprint density at radius 3 is 1.79 bits per heavy atom. The third-order valence-electron chi connectivity index (χ3n) is 13.1. The number of para-hydroxylation sites is 2. The first-order valence-electron chi connectivity index (χ1n) is 20.8. The molecule has 8 aromatic rings. The highest BCUT2D eigenvalue weighted by Crippen LogP contribution is 2.51. The average Bonchev–Trinajstić information content (AvgIpc) is 3.74. The number of fused-ring (bicyclic) bond motifs is 6. The molecule has 4 unspecified atom stereocenters. The van der Waals surface area contributed by atoms with Crippen LogP contribution in [-0.4, -0.2) is 24.8 Å². The summed E-state index contributed by atoms with van der Waals surface area (Å²) in [5, 5.41) is 5.06. The third-order valence-corrected chi connectivity index (χ3v) is 13.1. The van der Waals surface area contributed by atoms with Gasteiger partial charge in [0.05, 0.1) is 24.2 Å². The van der Waals surface area contributed by atoms with Gasteiger partial charge in [-0.2, -0.15) is 0 Å². The van der Waals surface area contributed by atoms with Crippen LogP contribution in [0.15, 0.2) is 200 Å². The summed E-state index contributed by atoms with van der Waals surface area (Å²) in [7, 11) is 0. The fraction of sp³-hybridized carbons (Fsp3) is 0.111. The van der Waals surface area contributed by atoms with Crippen LogP contribution in [0.1, 0.15) is 24.5 Å². The van der Waals surface area contributed by atoms with Gasteiger partial charge in [-0.15, -0.1) is 0 Å². The molecule has 276 valence electrons. The maximum atomic E-state index is 7.40. The molecule has 3 aliphatic heterocycles. The number of allylic oxidation sites excluding steroid dienone is 2. The van der Waals surface area contributed by atoms with E-state index in [1.165, 1.54) is 77.3 Å². The van der Waals surface area contributed by atoms with E-state index in [-0.39, 0.29) is 30.9 Å². The molecule has 12 rings (SSSR count). The molecule has 0 N–H and O–H groups in total. The molecule has 4 heteroatoms. The summed E-state index contributed by atoms with van der Waals surface area (Å²) in [5.74, 6) is 0. The van der Waals surface area contributed by atoms with Crippen molar-refractivity contribution in [3.05, 3.63) is 206 Å². The van der Waals surface area contributed by atoms with E-state index >= 15 is 0 Å². The predicted molar refractivity (Wildman–Crippen MR) is 244 cm³/mol. The van der Waals surface area contributed by atoms with Gasteiger partial charge in [0.25, 0.3) is 6.71 Å². The number of nitrogens with zero attached hydrogens (tertiary/aromatic N) is 2. The molecule has 4 atom stereocenters. The van der Waals surface area contributed by atoms with E-state index in [2.05, 4.69) is 210 Å². The lowest BCUT2D eigenvalue weighted by Gasteiger charge is -2.50. The molecule has 1 saturated heterocycles. The minimum Gasteiger partial charge on any atom is -0.375 e. The highest BCUT2D eigenvalue weighted by Gasteiger charge is 2.55. The molecule has 0 radical (unpaired) electrons. The van der Waals surface area contributed by atoms with Crippen LogP contribution in [-0.2, 0) is 4.74 Å². The summed E-state index contributed by atoms with van der Waals surface area (Å²) >= 11 is 0. The number of benzene rings is 8. The number of rotatable bonds is 5. The molecule has 8 aromatic carbocycles. The van der Waals surface area contributed by atoms with E-state index in [0.29, 0.717) is 0 Å². The van der Waals surface area contributed by atoms with E-state index in [1.807, 2.05) is 0 Å². The average molecular weight is 745 g/mol. The van der Waals surface area contributed by atoms with Gasteiger partial charge >= 0.3 is 0 Å². The third kappa shape index (κ3) is 5.11. The topological polar surface area (TPSA) is 15.7 Å². The molecule has 1 fully saturated rings. The quantitative estimate of drug-likeness (QED) is 0.129. The lowest BCUT2D eigenvalue weighted by atomic mass is 9.32. The lowest BCUT2D eigenvalue weighted by Crippen LogP contribution is -2.68. The van der Waals surface area contributed by atoms with Crippen molar-refractivity contribution >= 4 is 61.9 Å². The van der Waals surface area contributed by atoms with Crippen molar-refractivity contribution in [2.75, 3.05) is 9.80 Å². The Morgan fingerprint density at radius 2 is 1.12 bits per heavy atom. The van der Waals surface area contributed by atoms with Gasteiger partial charge < -0.3 is 14.5 Å². The van der Waals surface area contributed by atoms with E-state index in [0.717, 1.165) is 18.5 Å². The van der Waals surface area contributed by atoms with Crippen molar-refractivity contribution in [2.45, 2.75) is 37.0 Å². The molecular weight excluding hydrogens is 703 g/mol. The lowest BCUT2D eigenvalue weighted by molar-refractivity contribution is 0.0824. The van der Waals surface area contributed by atoms with Gasteiger partial charge in [0.1, 0.15) is 0 Å². The van der Waals surface area contributed by atoms with Crippen LogP contribution in [0.25, 0.3) is 43.8 Å². The largest absolute Gasteiger partial charge is 0.375 e. The maximum Gasteiger partial charge on any atom is 0.252 e. The van der Waals surface area contributed by atoms with Gasteiger partial charge in [0.15, 0.2) is 0 Å². The van der Waals surface area contributed by atoms with E-state index in [4.69, 9.17) is 4.74 Å². The second-order valence-electron chi connectivity index (χ2n) is 16.2. The first-order valence-corrected chi connectivity index (χ1v) is 20.8. The molecule has 0 spiro atoms. The molecule has 0 bridgehead atoms. The van der Waals surface area contributed by atoms with E-state index < -0.39 is 0 Å². The van der Waals surface area contributed by atoms with Crippen molar-refractivity contribution < 1.29 is 4.74 Å². The van der Waals surface area contributed by atoms with Crippen LogP contribution >= 0.6 is 0 Å². The van der Waals surface area contributed by atoms with Gasteiger partial charge in [-0.1, -0.05) is 170 Å². The first-order chi connectivity index (χ1) is 28.8. The Hall–Kier alpha value is -6.62. The van der Waals surface area contributed by atoms with Crippen LogP contribution in [0, 0.1) is 0 Å². The van der Waals surface area contributed by atoms with Crippen molar-refractivity contribution in [3.8, 4) is 22.3 Å². The SMILES string of the molecule is C1=CCC(N2c3cc(-c4c5ccccc5c(-c5ccccc5)c5ccccc45)cc4c3B(c3ccccc3N4c3ccccc3)C3OC(c4ccccc4)CC32)C=C1. The molecule has 0 amide bonds. The van der Waals surface area contributed by atoms with E-state index in [1.54, 1.807) is 0 Å². The molecule has 4 aliphatic rings. The zero-order valence-electron chi connectivity index (χ0n) is 32.2. The maximum absolute atomic E-state index is 7.40. The summed E-state index contributed by atoms with van der Waals surface area (Å²) in [6.07, 6.45) is 11.1. The van der Waals surface area contributed by atoms with Crippen molar-refractivity contribution in [1.29, 1.82) is 0 Å². The number of hydrogen-bond donors (Lipinski definition) is 0. The molecule has 3 nitrogen and oxygen atoms in total. The fourth-order valence-corrected chi connectivity index (χ4v) is 10.8. The molecule has 0 aromatic heterocycles. The van der Waals surface area contributed by atoms with Crippen molar-refractivity contribution in [2.24, 2.45) is 0 Å². The minimum atomic E-state index is -0.0208. The summed E-state index contributed by atoms with van der Waals surface area (Å²) in [4.78, 5) is 5.29.